The first kappa shape index (κ1) is 14.5. The molecule has 106 valence electrons. The van der Waals surface area contributed by atoms with E-state index in [2.05, 4.69) is 21.9 Å². The molecule has 2 rings (SSSR count). The highest BCUT2D eigenvalue weighted by molar-refractivity contribution is 6.29. The third kappa shape index (κ3) is 4.05. The molecule has 0 radical (unpaired) electrons. The molecule has 1 aromatic heterocycles. The maximum Gasteiger partial charge on any atom is 0.158 e. The molecule has 1 saturated carbocycles. The number of anilines is 1. The molecule has 1 aromatic rings. The fraction of sp³-hybridized carbons (Fsp3) is 0.714. The number of rotatable bonds is 5. The van der Waals surface area contributed by atoms with Gasteiger partial charge in [0.2, 0.25) is 0 Å². The molecule has 0 amide bonds. The number of ether oxygens (including phenoxy) is 1. The summed E-state index contributed by atoms with van der Waals surface area (Å²) in [6.45, 7) is 3.03. The molecular formula is C14H22ClN3O. The van der Waals surface area contributed by atoms with Crippen molar-refractivity contribution in [2.45, 2.75) is 51.7 Å². The van der Waals surface area contributed by atoms with Crippen LogP contribution < -0.4 is 4.90 Å². The van der Waals surface area contributed by atoms with Gasteiger partial charge in [-0.3, -0.25) is 0 Å². The Hall–Kier alpha value is -0.870. The molecule has 0 aliphatic heterocycles. The molecule has 5 heteroatoms. The summed E-state index contributed by atoms with van der Waals surface area (Å²) >= 11 is 6.08. The zero-order valence-electron chi connectivity index (χ0n) is 11.7. The number of halogens is 1. The van der Waals surface area contributed by atoms with Gasteiger partial charge in [-0.05, 0) is 19.8 Å². The summed E-state index contributed by atoms with van der Waals surface area (Å²) < 4.78 is 5.35. The first-order valence-electron chi connectivity index (χ1n) is 7.04. The van der Waals surface area contributed by atoms with E-state index in [4.69, 9.17) is 16.3 Å². The smallest absolute Gasteiger partial charge is 0.158 e. The maximum absolute atomic E-state index is 6.08. The molecular weight excluding hydrogens is 262 g/mol. The summed E-state index contributed by atoms with van der Waals surface area (Å²) in [6, 6.07) is 2.41. The predicted molar refractivity (Wildman–Crippen MR) is 77.6 cm³/mol. The lowest BCUT2D eigenvalue weighted by Crippen LogP contribution is -2.34. The molecule has 1 fully saturated rings. The number of hydrogen-bond donors (Lipinski definition) is 0. The molecule has 0 aromatic carbocycles. The summed E-state index contributed by atoms with van der Waals surface area (Å²) in [6.07, 6.45) is 6.43. The zero-order valence-corrected chi connectivity index (χ0v) is 12.5. The zero-order chi connectivity index (χ0) is 13.7. The molecule has 1 aliphatic rings. The van der Waals surface area contributed by atoms with E-state index >= 15 is 0 Å². The van der Waals surface area contributed by atoms with E-state index in [1.165, 1.54) is 32.1 Å². The lowest BCUT2D eigenvalue weighted by Gasteiger charge is -2.32. The van der Waals surface area contributed by atoms with Crippen molar-refractivity contribution < 1.29 is 4.74 Å². The quantitative estimate of drug-likeness (QED) is 0.776. The Morgan fingerprint density at radius 3 is 2.74 bits per heavy atom. The summed E-state index contributed by atoms with van der Waals surface area (Å²) in [5.41, 5.74) is 0. The Bertz CT molecular complexity index is 408. The van der Waals surface area contributed by atoms with Crippen molar-refractivity contribution in [3.05, 3.63) is 17.0 Å². The Morgan fingerprint density at radius 1 is 1.32 bits per heavy atom. The fourth-order valence-electron chi connectivity index (χ4n) is 2.55. The third-order valence-electron chi connectivity index (χ3n) is 3.65. The van der Waals surface area contributed by atoms with Gasteiger partial charge in [-0.2, -0.15) is 0 Å². The Balaban J connectivity index is 2.11. The molecule has 1 heterocycles. The minimum atomic E-state index is 0.419. The summed E-state index contributed by atoms with van der Waals surface area (Å²) in [5, 5.41) is 0.488. The van der Waals surface area contributed by atoms with Gasteiger partial charge in [0.1, 0.15) is 17.6 Å². The average Bonchev–Trinajstić information content (AvgIpc) is 2.44. The highest BCUT2D eigenvalue weighted by atomic mass is 35.5. The number of aromatic nitrogens is 2. The van der Waals surface area contributed by atoms with Crippen molar-refractivity contribution in [2.75, 3.05) is 18.6 Å². The predicted octanol–water partition coefficient (Wildman–Crippen LogP) is 3.44. The van der Waals surface area contributed by atoms with Gasteiger partial charge < -0.3 is 9.64 Å². The minimum Gasteiger partial charge on any atom is -0.374 e. The van der Waals surface area contributed by atoms with Crippen molar-refractivity contribution in [2.24, 2.45) is 0 Å². The minimum absolute atomic E-state index is 0.419. The molecule has 0 atom stereocenters. The largest absolute Gasteiger partial charge is 0.374 e. The second-order valence-electron chi connectivity index (χ2n) is 5.00. The van der Waals surface area contributed by atoms with E-state index in [1.807, 2.05) is 13.0 Å². The Morgan fingerprint density at radius 2 is 2.05 bits per heavy atom. The Kier molecular flexibility index (Phi) is 5.40. The van der Waals surface area contributed by atoms with Gasteiger partial charge >= 0.3 is 0 Å². The van der Waals surface area contributed by atoms with Crippen LogP contribution >= 0.6 is 11.6 Å². The van der Waals surface area contributed by atoms with Crippen LogP contribution in [-0.2, 0) is 11.3 Å². The second kappa shape index (κ2) is 7.06. The van der Waals surface area contributed by atoms with E-state index < -0.39 is 0 Å². The molecule has 0 N–H and O–H groups in total. The number of nitrogens with zero attached hydrogens (tertiary/aromatic N) is 3. The number of hydrogen-bond acceptors (Lipinski definition) is 4. The van der Waals surface area contributed by atoms with Gasteiger partial charge in [0.15, 0.2) is 5.82 Å². The van der Waals surface area contributed by atoms with Crippen LogP contribution in [0.5, 0.6) is 0 Å². The van der Waals surface area contributed by atoms with Gasteiger partial charge in [0, 0.05) is 25.8 Å². The van der Waals surface area contributed by atoms with Crippen LogP contribution in [-0.4, -0.2) is 29.7 Å². The van der Waals surface area contributed by atoms with Crippen LogP contribution in [0.3, 0.4) is 0 Å². The van der Waals surface area contributed by atoms with Gasteiger partial charge in [-0.25, -0.2) is 9.97 Å². The molecule has 0 saturated heterocycles. The van der Waals surface area contributed by atoms with E-state index in [9.17, 15) is 0 Å². The highest BCUT2D eigenvalue weighted by Gasteiger charge is 2.20. The van der Waals surface area contributed by atoms with E-state index in [-0.39, 0.29) is 0 Å². The van der Waals surface area contributed by atoms with Crippen LogP contribution in [0.15, 0.2) is 6.07 Å². The topological polar surface area (TPSA) is 38.2 Å². The van der Waals surface area contributed by atoms with Gasteiger partial charge in [-0.1, -0.05) is 30.9 Å². The van der Waals surface area contributed by atoms with Gasteiger partial charge in [0.05, 0.1) is 0 Å². The monoisotopic (exact) mass is 283 g/mol. The first-order chi connectivity index (χ1) is 9.20. The van der Waals surface area contributed by atoms with E-state index in [1.54, 1.807) is 0 Å². The molecule has 0 bridgehead atoms. The van der Waals surface area contributed by atoms with Crippen molar-refractivity contribution in [3.63, 3.8) is 0 Å². The van der Waals surface area contributed by atoms with Gasteiger partial charge in [0.25, 0.3) is 0 Å². The lowest BCUT2D eigenvalue weighted by molar-refractivity contribution is 0.128. The van der Waals surface area contributed by atoms with Crippen LogP contribution in [0.2, 0.25) is 5.15 Å². The Labute approximate surface area is 120 Å². The third-order valence-corrected chi connectivity index (χ3v) is 3.84. The molecule has 19 heavy (non-hydrogen) atoms. The van der Waals surface area contributed by atoms with Crippen LogP contribution in [0, 0.1) is 0 Å². The van der Waals surface area contributed by atoms with Crippen LogP contribution in [0.4, 0.5) is 5.82 Å². The van der Waals surface area contributed by atoms with Crippen molar-refractivity contribution >= 4 is 17.4 Å². The van der Waals surface area contributed by atoms with Crippen LogP contribution in [0.25, 0.3) is 0 Å². The summed E-state index contributed by atoms with van der Waals surface area (Å²) in [5.74, 6) is 1.56. The fourth-order valence-corrected chi connectivity index (χ4v) is 2.74. The SMILES string of the molecule is CCOCc1nc(Cl)cc(N(C)C2CCCCC2)n1. The average molecular weight is 284 g/mol. The summed E-state index contributed by atoms with van der Waals surface area (Å²) in [4.78, 5) is 11.0. The van der Waals surface area contributed by atoms with E-state index in [0.29, 0.717) is 30.2 Å². The molecule has 4 nitrogen and oxygen atoms in total. The van der Waals surface area contributed by atoms with Crippen molar-refractivity contribution in [1.82, 2.24) is 9.97 Å². The molecule has 0 unspecified atom stereocenters. The highest BCUT2D eigenvalue weighted by Crippen LogP contribution is 2.26. The normalized spacial score (nSPS) is 16.6. The second-order valence-corrected chi connectivity index (χ2v) is 5.39. The van der Waals surface area contributed by atoms with Crippen molar-refractivity contribution in [3.8, 4) is 0 Å². The van der Waals surface area contributed by atoms with Crippen LogP contribution in [0.1, 0.15) is 44.9 Å². The summed E-state index contributed by atoms with van der Waals surface area (Å²) in [7, 11) is 2.10. The molecule has 0 spiro atoms. The first-order valence-corrected chi connectivity index (χ1v) is 7.42. The van der Waals surface area contributed by atoms with Crippen molar-refractivity contribution in [1.29, 1.82) is 0 Å². The van der Waals surface area contributed by atoms with Gasteiger partial charge in [-0.15, -0.1) is 0 Å². The van der Waals surface area contributed by atoms with E-state index in [0.717, 1.165) is 5.82 Å². The lowest BCUT2D eigenvalue weighted by atomic mass is 9.94. The molecule has 1 aliphatic carbocycles. The maximum atomic E-state index is 6.08. The standard InChI is InChI=1S/C14H22ClN3O/c1-3-19-10-13-16-12(15)9-14(17-13)18(2)11-7-5-4-6-8-11/h9,11H,3-8,10H2,1-2H3.